The Morgan fingerprint density at radius 3 is 2.28 bits per heavy atom. The highest BCUT2D eigenvalue weighted by Crippen LogP contribution is 2.28. The summed E-state index contributed by atoms with van der Waals surface area (Å²) in [5, 5.41) is 3.15. The number of amides is 2. The van der Waals surface area contributed by atoms with Crippen LogP contribution in [0.5, 0.6) is 0 Å². The molecule has 0 radical (unpaired) electrons. The van der Waals surface area contributed by atoms with Gasteiger partial charge in [0.15, 0.2) is 0 Å². The molecule has 2 amide bonds. The highest BCUT2D eigenvalue weighted by molar-refractivity contribution is 9.10. The van der Waals surface area contributed by atoms with Gasteiger partial charge in [-0.2, -0.15) is 0 Å². The SMILES string of the molecule is CC[C@@H](C(=O)NC1CCCCC1)N(Cc1ccc(C)cc1)C(=O)CN(c1ccccc1Br)S(C)(=O)=O. The first-order valence-corrected chi connectivity index (χ1v) is 15.1. The minimum Gasteiger partial charge on any atom is -0.352 e. The molecule has 36 heavy (non-hydrogen) atoms. The van der Waals surface area contributed by atoms with E-state index >= 15 is 0 Å². The van der Waals surface area contributed by atoms with Crippen LogP contribution in [0, 0.1) is 6.92 Å². The van der Waals surface area contributed by atoms with Gasteiger partial charge in [-0.05, 0) is 59.8 Å². The lowest BCUT2D eigenvalue weighted by atomic mass is 9.95. The second-order valence-electron chi connectivity index (χ2n) is 9.50. The van der Waals surface area contributed by atoms with Crippen molar-refractivity contribution in [2.45, 2.75) is 71.0 Å². The molecule has 1 fully saturated rings. The topological polar surface area (TPSA) is 86.8 Å². The standard InChI is InChI=1S/C27H36BrN3O4S/c1-4-24(27(33)29-22-10-6-5-7-11-22)30(18-21-16-14-20(2)15-17-21)26(32)19-31(36(3,34)35)25-13-9-8-12-23(25)28/h8-9,12-17,22,24H,4-7,10-11,18-19H2,1-3H3,(H,29,33)/t24-/m0/s1. The van der Waals surface area contributed by atoms with Gasteiger partial charge >= 0.3 is 0 Å². The Labute approximate surface area is 223 Å². The molecule has 1 saturated carbocycles. The molecule has 1 aliphatic rings. The van der Waals surface area contributed by atoms with Crippen LogP contribution in [0.4, 0.5) is 5.69 Å². The first-order valence-electron chi connectivity index (χ1n) is 12.5. The van der Waals surface area contributed by atoms with Crippen LogP contribution in [-0.2, 0) is 26.2 Å². The number of halogens is 1. The molecule has 196 valence electrons. The number of benzene rings is 2. The summed E-state index contributed by atoms with van der Waals surface area (Å²) in [6.07, 6.45) is 6.74. The fraction of sp³-hybridized carbons (Fsp3) is 0.481. The van der Waals surface area contributed by atoms with Gasteiger partial charge in [-0.25, -0.2) is 8.42 Å². The van der Waals surface area contributed by atoms with Gasteiger partial charge in [0.2, 0.25) is 21.8 Å². The van der Waals surface area contributed by atoms with Crippen LogP contribution in [0.3, 0.4) is 0 Å². The molecular weight excluding hydrogens is 542 g/mol. The Balaban J connectivity index is 1.91. The van der Waals surface area contributed by atoms with Crippen molar-refractivity contribution >= 4 is 43.5 Å². The number of rotatable bonds is 10. The molecule has 1 atom stereocenters. The highest BCUT2D eigenvalue weighted by atomic mass is 79.9. The van der Waals surface area contributed by atoms with Gasteiger partial charge < -0.3 is 10.2 Å². The Morgan fingerprint density at radius 1 is 1.06 bits per heavy atom. The maximum Gasteiger partial charge on any atom is 0.244 e. The molecular formula is C27H36BrN3O4S. The van der Waals surface area contributed by atoms with E-state index < -0.39 is 28.5 Å². The summed E-state index contributed by atoms with van der Waals surface area (Å²) in [5.41, 5.74) is 2.35. The lowest BCUT2D eigenvalue weighted by molar-refractivity contribution is -0.140. The van der Waals surface area contributed by atoms with E-state index in [-0.39, 0.29) is 18.5 Å². The van der Waals surface area contributed by atoms with Crippen LogP contribution < -0.4 is 9.62 Å². The predicted octanol–water partition coefficient (Wildman–Crippen LogP) is 4.78. The van der Waals surface area contributed by atoms with E-state index in [0.29, 0.717) is 16.6 Å². The van der Waals surface area contributed by atoms with Gasteiger partial charge in [-0.1, -0.05) is 68.1 Å². The normalized spacial score (nSPS) is 15.2. The third-order valence-electron chi connectivity index (χ3n) is 6.61. The molecule has 0 unspecified atom stereocenters. The van der Waals surface area contributed by atoms with Crippen molar-refractivity contribution in [3.05, 3.63) is 64.1 Å². The quantitative estimate of drug-likeness (QED) is 0.440. The lowest BCUT2D eigenvalue weighted by Gasteiger charge is -2.34. The van der Waals surface area contributed by atoms with Crippen LogP contribution in [-0.4, -0.2) is 50.0 Å². The van der Waals surface area contributed by atoms with Crippen molar-refractivity contribution in [1.29, 1.82) is 0 Å². The molecule has 0 aliphatic heterocycles. The molecule has 1 aliphatic carbocycles. The van der Waals surface area contributed by atoms with Crippen molar-refractivity contribution in [2.75, 3.05) is 17.1 Å². The first kappa shape index (κ1) is 28.2. The molecule has 7 nitrogen and oxygen atoms in total. The summed E-state index contributed by atoms with van der Waals surface area (Å²) in [6.45, 7) is 3.67. The molecule has 1 N–H and O–H groups in total. The van der Waals surface area contributed by atoms with Crippen LogP contribution in [0.25, 0.3) is 0 Å². The smallest absolute Gasteiger partial charge is 0.244 e. The monoisotopic (exact) mass is 577 g/mol. The van der Waals surface area contributed by atoms with Crippen molar-refractivity contribution in [3.63, 3.8) is 0 Å². The minimum atomic E-state index is -3.77. The summed E-state index contributed by atoms with van der Waals surface area (Å²) in [6, 6.07) is 14.1. The average Bonchev–Trinajstić information content (AvgIpc) is 2.84. The van der Waals surface area contributed by atoms with Crippen LogP contribution in [0.1, 0.15) is 56.6 Å². The lowest BCUT2D eigenvalue weighted by Crippen LogP contribution is -2.54. The minimum absolute atomic E-state index is 0.115. The fourth-order valence-electron chi connectivity index (χ4n) is 4.60. The number of anilines is 1. The second-order valence-corrected chi connectivity index (χ2v) is 12.3. The predicted molar refractivity (Wildman–Crippen MR) is 147 cm³/mol. The van der Waals surface area contributed by atoms with E-state index in [2.05, 4.69) is 21.2 Å². The average molecular weight is 579 g/mol. The molecule has 2 aromatic carbocycles. The number of sulfonamides is 1. The van der Waals surface area contributed by atoms with E-state index in [1.807, 2.05) is 38.1 Å². The van der Waals surface area contributed by atoms with Gasteiger partial charge in [0, 0.05) is 17.1 Å². The molecule has 0 spiro atoms. The molecule has 3 rings (SSSR count). The third-order valence-corrected chi connectivity index (χ3v) is 8.41. The number of hydrogen-bond acceptors (Lipinski definition) is 4. The number of para-hydroxylation sites is 1. The van der Waals surface area contributed by atoms with E-state index in [9.17, 15) is 18.0 Å². The van der Waals surface area contributed by atoms with Gasteiger partial charge in [0.1, 0.15) is 12.6 Å². The van der Waals surface area contributed by atoms with Gasteiger partial charge in [-0.3, -0.25) is 13.9 Å². The third kappa shape index (κ3) is 7.56. The van der Waals surface area contributed by atoms with E-state index in [4.69, 9.17) is 0 Å². The number of carbonyl (C=O) groups is 2. The molecule has 0 bridgehead atoms. The Hall–Kier alpha value is -2.39. The highest BCUT2D eigenvalue weighted by Gasteiger charge is 2.33. The van der Waals surface area contributed by atoms with Crippen LogP contribution in [0.2, 0.25) is 0 Å². The van der Waals surface area contributed by atoms with E-state index in [1.54, 1.807) is 24.3 Å². The summed E-state index contributed by atoms with van der Waals surface area (Å²) < 4.78 is 27.1. The maximum atomic E-state index is 13.8. The fourth-order valence-corrected chi connectivity index (χ4v) is 6.08. The largest absolute Gasteiger partial charge is 0.352 e. The zero-order valence-electron chi connectivity index (χ0n) is 21.2. The number of nitrogens with one attached hydrogen (secondary N) is 1. The second kappa shape index (κ2) is 12.7. The molecule has 0 heterocycles. The number of hydrogen-bond donors (Lipinski definition) is 1. The van der Waals surface area contributed by atoms with Crippen molar-refractivity contribution in [1.82, 2.24) is 10.2 Å². The van der Waals surface area contributed by atoms with Crippen LogP contribution >= 0.6 is 15.9 Å². The Morgan fingerprint density at radius 2 is 1.69 bits per heavy atom. The van der Waals surface area contributed by atoms with E-state index in [1.165, 1.54) is 11.3 Å². The molecule has 2 aromatic rings. The summed E-state index contributed by atoms with van der Waals surface area (Å²) in [7, 11) is -3.77. The van der Waals surface area contributed by atoms with Crippen LogP contribution in [0.15, 0.2) is 53.0 Å². The van der Waals surface area contributed by atoms with Gasteiger partial charge in [0.25, 0.3) is 0 Å². The Kier molecular flexibility index (Phi) is 9.96. The van der Waals surface area contributed by atoms with Crippen molar-refractivity contribution in [3.8, 4) is 0 Å². The van der Waals surface area contributed by atoms with Crippen molar-refractivity contribution < 1.29 is 18.0 Å². The zero-order valence-corrected chi connectivity index (χ0v) is 23.6. The zero-order chi connectivity index (χ0) is 26.3. The molecule has 9 heteroatoms. The van der Waals surface area contributed by atoms with Gasteiger partial charge in [-0.15, -0.1) is 0 Å². The summed E-state index contributed by atoms with van der Waals surface area (Å²) in [4.78, 5) is 28.7. The number of nitrogens with zero attached hydrogens (tertiary/aromatic N) is 2. The molecule has 0 aromatic heterocycles. The first-order chi connectivity index (χ1) is 17.1. The summed E-state index contributed by atoms with van der Waals surface area (Å²) >= 11 is 3.40. The molecule has 0 saturated heterocycles. The summed E-state index contributed by atoms with van der Waals surface area (Å²) in [5.74, 6) is -0.612. The number of aryl methyl sites for hydroxylation is 1. The Bertz CT molecular complexity index is 1150. The van der Waals surface area contributed by atoms with E-state index in [0.717, 1.165) is 47.4 Å². The van der Waals surface area contributed by atoms with Gasteiger partial charge in [0.05, 0.1) is 11.9 Å². The maximum absolute atomic E-state index is 13.8. The van der Waals surface area contributed by atoms with Crippen molar-refractivity contribution in [2.24, 2.45) is 0 Å². The number of carbonyl (C=O) groups excluding carboxylic acids is 2.